The van der Waals surface area contributed by atoms with Crippen LogP contribution >= 0.6 is 0 Å². The topological polar surface area (TPSA) is 80.9 Å². The van der Waals surface area contributed by atoms with Crippen molar-refractivity contribution in [1.82, 2.24) is 15.3 Å². The third kappa shape index (κ3) is 2.79. The molecule has 5 nitrogen and oxygen atoms in total. The SMILES string of the molecule is CC(CN)NC(=O)c1ccncn1. The van der Waals surface area contributed by atoms with Gasteiger partial charge in [0.05, 0.1) is 0 Å². The number of amides is 1. The average molecular weight is 180 g/mol. The fourth-order valence-electron chi connectivity index (χ4n) is 0.782. The molecule has 1 amide bonds. The molecule has 1 unspecified atom stereocenters. The van der Waals surface area contributed by atoms with E-state index >= 15 is 0 Å². The summed E-state index contributed by atoms with van der Waals surface area (Å²) in [6.45, 7) is 2.25. The van der Waals surface area contributed by atoms with Crippen molar-refractivity contribution in [2.75, 3.05) is 6.54 Å². The predicted octanol–water partition coefficient (Wildman–Crippen LogP) is -0.446. The summed E-state index contributed by atoms with van der Waals surface area (Å²) in [5.41, 5.74) is 5.71. The number of nitrogens with zero attached hydrogens (tertiary/aromatic N) is 2. The third-order valence-corrected chi connectivity index (χ3v) is 1.55. The summed E-state index contributed by atoms with van der Waals surface area (Å²) in [6.07, 6.45) is 2.86. The van der Waals surface area contributed by atoms with Gasteiger partial charge in [0.15, 0.2) is 0 Å². The molecule has 3 N–H and O–H groups in total. The Kier molecular flexibility index (Phi) is 3.33. The van der Waals surface area contributed by atoms with E-state index in [0.29, 0.717) is 12.2 Å². The van der Waals surface area contributed by atoms with Crippen molar-refractivity contribution in [2.45, 2.75) is 13.0 Å². The molecule has 0 spiro atoms. The molecular weight excluding hydrogens is 168 g/mol. The largest absolute Gasteiger partial charge is 0.347 e. The minimum Gasteiger partial charge on any atom is -0.347 e. The molecular formula is C8H12N4O. The van der Waals surface area contributed by atoms with Crippen molar-refractivity contribution in [1.29, 1.82) is 0 Å². The normalized spacial score (nSPS) is 12.2. The Hall–Kier alpha value is -1.49. The summed E-state index contributed by atoms with van der Waals surface area (Å²) in [5.74, 6) is -0.222. The molecule has 1 aromatic heterocycles. The first-order valence-electron chi connectivity index (χ1n) is 4.01. The van der Waals surface area contributed by atoms with Gasteiger partial charge in [-0.1, -0.05) is 0 Å². The van der Waals surface area contributed by atoms with Crippen molar-refractivity contribution in [3.05, 3.63) is 24.3 Å². The van der Waals surface area contributed by atoms with E-state index in [2.05, 4.69) is 15.3 Å². The van der Waals surface area contributed by atoms with Crippen LogP contribution in [0.1, 0.15) is 17.4 Å². The lowest BCUT2D eigenvalue weighted by Crippen LogP contribution is -2.38. The molecule has 5 heteroatoms. The zero-order chi connectivity index (χ0) is 9.68. The first-order valence-corrected chi connectivity index (χ1v) is 4.01. The second kappa shape index (κ2) is 4.51. The molecule has 0 fully saturated rings. The van der Waals surface area contributed by atoms with E-state index in [1.807, 2.05) is 6.92 Å². The molecule has 0 aliphatic heterocycles. The van der Waals surface area contributed by atoms with Gasteiger partial charge in [0.25, 0.3) is 5.91 Å². The zero-order valence-corrected chi connectivity index (χ0v) is 7.40. The maximum Gasteiger partial charge on any atom is 0.270 e. The van der Waals surface area contributed by atoms with Crippen LogP contribution in [0.3, 0.4) is 0 Å². The minimum atomic E-state index is -0.222. The standard InChI is InChI=1S/C8H12N4O/c1-6(4-9)12-8(13)7-2-3-10-5-11-7/h2-3,5-6H,4,9H2,1H3,(H,12,13). The van der Waals surface area contributed by atoms with E-state index in [1.165, 1.54) is 12.5 Å². The number of carbonyl (C=O) groups is 1. The summed E-state index contributed by atoms with van der Waals surface area (Å²) in [4.78, 5) is 18.9. The van der Waals surface area contributed by atoms with Gasteiger partial charge in [0.2, 0.25) is 0 Å². The minimum absolute atomic E-state index is 0.0394. The Morgan fingerprint density at radius 2 is 2.54 bits per heavy atom. The van der Waals surface area contributed by atoms with Gasteiger partial charge in [-0.3, -0.25) is 4.79 Å². The lowest BCUT2D eigenvalue weighted by molar-refractivity contribution is 0.0936. The third-order valence-electron chi connectivity index (χ3n) is 1.55. The lowest BCUT2D eigenvalue weighted by atomic mass is 10.3. The number of carbonyl (C=O) groups excluding carboxylic acids is 1. The molecule has 0 aliphatic rings. The maximum absolute atomic E-state index is 11.4. The number of hydrogen-bond donors (Lipinski definition) is 2. The molecule has 0 bridgehead atoms. The molecule has 1 aromatic rings. The van der Waals surface area contributed by atoms with Gasteiger partial charge in [0, 0.05) is 18.8 Å². The highest BCUT2D eigenvalue weighted by Crippen LogP contribution is 1.91. The highest BCUT2D eigenvalue weighted by molar-refractivity contribution is 5.92. The number of rotatable bonds is 3. The number of nitrogens with one attached hydrogen (secondary N) is 1. The van der Waals surface area contributed by atoms with Crippen molar-refractivity contribution < 1.29 is 4.79 Å². The summed E-state index contributed by atoms with van der Waals surface area (Å²) in [7, 11) is 0. The molecule has 1 heterocycles. The van der Waals surface area contributed by atoms with Gasteiger partial charge in [0.1, 0.15) is 12.0 Å². The second-order valence-electron chi connectivity index (χ2n) is 2.70. The van der Waals surface area contributed by atoms with Crippen molar-refractivity contribution in [3.63, 3.8) is 0 Å². The van der Waals surface area contributed by atoms with Crippen LogP contribution in [-0.4, -0.2) is 28.5 Å². The Balaban J connectivity index is 2.59. The second-order valence-corrected chi connectivity index (χ2v) is 2.70. The first kappa shape index (κ1) is 9.60. The van der Waals surface area contributed by atoms with Gasteiger partial charge in [-0.15, -0.1) is 0 Å². The number of aromatic nitrogens is 2. The quantitative estimate of drug-likeness (QED) is 0.660. The lowest BCUT2D eigenvalue weighted by Gasteiger charge is -2.09. The van der Waals surface area contributed by atoms with E-state index in [-0.39, 0.29) is 11.9 Å². The molecule has 1 rings (SSSR count). The van der Waals surface area contributed by atoms with Crippen molar-refractivity contribution in [3.8, 4) is 0 Å². The van der Waals surface area contributed by atoms with Crippen LogP contribution < -0.4 is 11.1 Å². The summed E-state index contributed by atoms with van der Waals surface area (Å²) in [6, 6.07) is 1.51. The monoisotopic (exact) mass is 180 g/mol. The summed E-state index contributed by atoms with van der Waals surface area (Å²) in [5, 5.41) is 2.69. The fraction of sp³-hybridized carbons (Fsp3) is 0.375. The van der Waals surface area contributed by atoms with Gasteiger partial charge < -0.3 is 11.1 Å². The van der Waals surface area contributed by atoms with Crippen molar-refractivity contribution in [2.24, 2.45) is 5.73 Å². The molecule has 1 atom stereocenters. The van der Waals surface area contributed by atoms with Crippen LogP contribution in [0.4, 0.5) is 0 Å². The van der Waals surface area contributed by atoms with Gasteiger partial charge >= 0.3 is 0 Å². The predicted molar refractivity (Wildman–Crippen MR) is 48.0 cm³/mol. The van der Waals surface area contributed by atoms with Crippen LogP contribution in [-0.2, 0) is 0 Å². The molecule has 0 saturated carbocycles. The Labute approximate surface area is 76.4 Å². The Morgan fingerprint density at radius 3 is 3.08 bits per heavy atom. The molecule has 0 saturated heterocycles. The molecule has 0 aromatic carbocycles. The number of hydrogen-bond acceptors (Lipinski definition) is 4. The molecule has 70 valence electrons. The zero-order valence-electron chi connectivity index (χ0n) is 7.40. The molecule has 13 heavy (non-hydrogen) atoms. The Bertz CT molecular complexity index is 275. The number of nitrogens with two attached hydrogens (primary N) is 1. The molecule has 0 radical (unpaired) electrons. The highest BCUT2D eigenvalue weighted by atomic mass is 16.1. The molecule has 0 aliphatic carbocycles. The van der Waals surface area contributed by atoms with Crippen LogP contribution in [0.15, 0.2) is 18.6 Å². The smallest absolute Gasteiger partial charge is 0.270 e. The van der Waals surface area contributed by atoms with Gasteiger partial charge in [-0.2, -0.15) is 0 Å². The van der Waals surface area contributed by atoms with E-state index in [9.17, 15) is 4.79 Å². The van der Waals surface area contributed by atoms with E-state index in [4.69, 9.17) is 5.73 Å². The van der Waals surface area contributed by atoms with Crippen LogP contribution in [0, 0.1) is 0 Å². The van der Waals surface area contributed by atoms with E-state index in [1.54, 1.807) is 6.07 Å². The van der Waals surface area contributed by atoms with Crippen LogP contribution in [0.2, 0.25) is 0 Å². The van der Waals surface area contributed by atoms with Crippen molar-refractivity contribution >= 4 is 5.91 Å². The van der Waals surface area contributed by atoms with E-state index < -0.39 is 0 Å². The summed E-state index contributed by atoms with van der Waals surface area (Å²) >= 11 is 0. The van der Waals surface area contributed by atoms with E-state index in [0.717, 1.165) is 0 Å². The Morgan fingerprint density at radius 1 is 1.77 bits per heavy atom. The average Bonchev–Trinajstić information content (AvgIpc) is 2.19. The highest BCUT2D eigenvalue weighted by Gasteiger charge is 2.08. The summed E-state index contributed by atoms with van der Waals surface area (Å²) < 4.78 is 0. The van der Waals surface area contributed by atoms with Crippen LogP contribution in [0.5, 0.6) is 0 Å². The fourth-order valence-corrected chi connectivity index (χ4v) is 0.782. The maximum atomic E-state index is 11.4. The van der Waals surface area contributed by atoms with Gasteiger partial charge in [-0.25, -0.2) is 9.97 Å². The van der Waals surface area contributed by atoms with Gasteiger partial charge in [-0.05, 0) is 13.0 Å². The first-order chi connectivity index (χ1) is 6.24. The van der Waals surface area contributed by atoms with Crippen LogP contribution in [0.25, 0.3) is 0 Å².